The third kappa shape index (κ3) is 10.2. The lowest BCUT2D eigenvalue weighted by atomic mass is 10.0. The summed E-state index contributed by atoms with van der Waals surface area (Å²) in [5.74, 6) is 0. The minimum atomic E-state index is 0. The van der Waals surface area contributed by atoms with Gasteiger partial charge in [-0.25, -0.2) is 4.90 Å². The Morgan fingerprint density at radius 3 is 1.88 bits per heavy atom. The van der Waals surface area contributed by atoms with Gasteiger partial charge in [-0.15, -0.1) is 0 Å². The molecule has 0 fully saturated rings. The number of hydrogen-bond acceptors (Lipinski definition) is 2. The van der Waals surface area contributed by atoms with Crippen molar-refractivity contribution in [3.63, 3.8) is 0 Å². The van der Waals surface area contributed by atoms with E-state index in [1.807, 2.05) is 11.8 Å². The summed E-state index contributed by atoms with van der Waals surface area (Å²) in [5, 5.41) is 3.83. The van der Waals surface area contributed by atoms with Gasteiger partial charge < -0.3 is 17.0 Å². The molecule has 0 spiro atoms. The standard InChI is InChI=1S/C29H47N2S.BrH/c1-2-3-4-5-6-7-8-9-10-11-12-13-14-15-19-23-30-24-20-25-31-28(26-32-29(30)31)27-21-17-16-18-22-27;/h16-18,21-22,26H,2-15,19-20,23-25H2,1H3;1H/q+1;/p-1. The zero-order chi connectivity index (χ0) is 22.3. The molecule has 2 aliphatic rings. The van der Waals surface area contributed by atoms with Crippen LogP contribution in [0.5, 0.6) is 0 Å². The molecule has 2 aliphatic heterocycles. The number of fused-ring (bicyclic) bond motifs is 1. The smallest absolute Gasteiger partial charge is 0.318 e. The highest BCUT2D eigenvalue weighted by Crippen LogP contribution is 2.34. The number of rotatable bonds is 17. The van der Waals surface area contributed by atoms with Gasteiger partial charge in [0.2, 0.25) is 0 Å². The second kappa shape index (κ2) is 17.7. The first-order valence-corrected chi connectivity index (χ1v) is 14.6. The van der Waals surface area contributed by atoms with E-state index in [-0.39, 0.29) is 17.0 Å². The van der Waals surface area contributed by atoms with Crippen molar-refractivity contribution in [1.82, 2.24) is 4.90 Å². The van der Waals surface area contributed by atoms with Crippen molar-refractivity contribution in [1.29, 1.82) is 0 Å². The summed E-state index contributed by atoms with van der Waals surface area (Å²) < 4.78 is 2.64. The summed E-state index contributed by atoms with van der Waals surface area (Å²) >= 11 is 1.93. The summed E-state index contributed by atoms with van der Waals surface area (Å²) in [4.78, 5) is 2.55. The number of halogens is 1. The van der Waals surface area contributed by atoms with Crippen LogP contribution in [0.4, 0.5) is 0 Å². The predicted molar refractivity (Wildman–Crippen MR) is 143 cm³/mol. The average molecular weight is 536 g/mol. The van der Waals surface area contributed by atoms with Crippen LogP contribution >= 0.6 is 11.8 Å². The lowest BCUT2D eigenvalue weighted by Crippen LogP contribution is -3.00. The van der Waals surface area contributed by atoms with E-state index >= 15 is 0 Å². The summed E-state index contributed by atoms with van der Waals surface area (Å²) in [7, 11) is 0. The molecule has 3 rings (SSSR count). The molecule has 2 nitrogen and oxygen atoms in total. The maximum atomic E-state index is 2.64. The maximum Gasteiger partial charge on any atom is 0.318 e. The van der Waals surface area contributed by atoms with E-state index in [0.29, 0.717) is 0 Å². The minimum Gasteiger partial charge on any atom is -1.00 e. The molecule has 0 amide bonds. The molecule has 0 aromatic heterocycles. The van der Waals surface area contributed by atoms with E-state index < -0.39 is 0 Å². The van der Waals surface area contributed by atoms with Gasteiger partial charge in [-0.05, 0) is 24.6 Å². The highest BCUT2D eigenvalue weighted by Gasteiger charge is 2.36. The molecule has 33 heavy (non-hydrogen) atoms. The van der Waals surface area contributed by atoms with E-state index in [0.717, 1.165) is 0 Å². The summed E-state index contributed by atoms with van der Waals surface area (Å²) in [6, 6.07) is 10.9. The molecule has 0 saturated carbocycles. The fourth-order valence-electron chi connectivity index (χ4n) is 5.03. The Morgan fingerprint density at radius 2 is 1.30 bits per heavy atom. The van der Waals surface area contributed by atoms with Crippen molar-refractivity contribution in [2.24, 2.45) is 0 Å². The second-order valence-electron chi connectivity index (χ2n) is 9.71. The summed E-state index contributed by atoms with van der Waals surface area (Å²) in [5.41, 5.74) is 2.75. The number of nitrogens with zero attached hydrogens (tertiary/aromatic N) is 2. The van der Waals surface area contributed by atoms with Gasteiger partial charge in [0.05, 0.1) is 19.6 Å². The Kier molecular flexibility index (Phi) is 15.2. The van der Waals surface area contributed by atoms with Crippen LogP contribution in [0.1, 0.15) is 115 Å². The largest absolute Gasteiger partial charge is 1.00 e. The molecular weight excluding hydrogens is 488 g/mol. The number of thioether (sulfide) groups is 1. The third-order valence-electron chi connectivity index (χ3n) is 6.98. The molecule has 186 valence electrons. The van der Waals surface area contributed by atoms with Crippen LogP contribution in [0.2, 0.25) is 0 Å². The van der Waals surface area contributed by atoms with Gasteiger partial charge in [-0.2, -0.15) is 0 Å². The van der Waals surface area contributed by atoms with Gasteiger partial charge in [0.15, 0.2) is 0 Å². The van der Waals surface area contributed by atoms with Crippen molar-refractivity contribution in [3.8, 4) is 0 Å². The van der Waals surface area contributed by atoms with Crippen LogP contribution in [0, 0.1) is 0 Å². The fourth-order valence-corrected chi connectivity index (χ4v) is 6.16. The van der Waals surface area contributed by atoms with Gasteiger partial charge in [-0.1, -0.05) is 121 Å². The molecule has 0 unspecified atom stereocenters. The maximum absolute atomic E-state index is 2.64. The van der Waals surface area contributed by atoms with E-state index in [2.05, 4.69) is 52.1 Å². The van der Waals surface area contributed by atoms with Crippen molar-refractivity contribution >= 4 is 22.6 Å². The lowest BCUT2D eigenvalue weighted by Gasteiger charge is -2.23. The van der Waals surface area contributed by atoms with E-state index in [1.165, 1.54) is 139 Å². The Labute approximate surface area is 219 Å². The van der Waals surface area contributed by atoms with Gasteiger partial charge in [-0.3, -0.25) is 4.58 Å². The number of amidine groups is 1. The van der Waals surface area contributed by atoms with Crippen molar-refractivity contribution in [3.05, 3.63) is 41.3 Å². The topological polar surface area (TPSA) is 6.25 Å². The van der Waals surface area contributed by atoms with E-state index in [4.69, 9.17) is 0 Å². The monoisotopic (exact) mass is 534 g/mol. The Hall–Kier alpha value is -0.740. The molecule has 0 N–H and O–H groups in total. The van der Waals surface area contributed by atoms with Gasteiger partial charge >= 0.3 is 5.17 Å². The number of benzene rings is 1. The molecule has 0 atom stereocenters. The van der Waals surface area contributed by atoms with Crippen molar-refractivity contribution < 1.29 is 21.6 Å². The average Bonchev–Trinajstić information content (AvgIpc) is 3.27. The zero-order valence-electron chi connectivity index (χ0n) is 21.1. The quantitative estimate of drug-likeness (QED) is 0.187. The molecule has 0 saturated heterocycles. The second-order valence-corrected chi connectivity index (χ2v) is 10.5. The zero-order valence-corrected chi connectivity index (χ0v) is 23.5. The summed E-state index contributed by atoms with van der Waals surface area (Å²) in [6.07, 6.45) is 22.8. The highest BCUT2D eigenvalue weighted by molar-refractivity contribution is 8.16. The predicted octanol–water partition coefficient (Wildman–Crippen LogP) is 5.68. The third-order valence-corrected chi connectivity index (χ3v) is 8.01. The molecule has 0 radical (unpaired) electrons. The molecule has 2 heterocycles. The molecule has 0 aliphatic carbocycles. The summed E-state index contributed by atoms with van der Waals surface area (Å²) in [6.45, 7) is 5.92. The Morgan fingerprint density at radius 1 is 0.758 bits per heavy atom. The van der Waals surface area contributed by atoms with Crippen LogP contribution in [-0.2, 0) is 0 Å². The van der Waals surface area contributed by atoms with Crippen LogP contribution in [0.3, 0.4) is 0 Å². The van der Waals surface area contributed by atoms with Gasteiger partial charge in [0.25, 0.3) is 0 Å². The van der Waals surface area contributed by atoms with E-state index in [9.17, 15) is 0 Å². The first-order chi connectivity index (χ1) is 15.9. The fraction of sp³-hybridized carbons (Fsp3) is 0.690. The highest BCUT2D eigenvalue weighted by atomic mass is 79.9. The SMILES string of the molecule is CCCCCCCCCCCCCCCCC[N+]1=C2SC=C(c3ccccc3)N2CCC1.[Br-]. The number of hydrogen-bond donors (Lipinski definition) is 0. The Bertz CT molecular complexity index is 701. The molecule has 0 bridgehead atoms. The van der Waals surface area contributed by atoms with Crippen LogP contribution in [0.15, 0.2) is 35.7 Å². The molecule has 1 aromatic carbocycles. The van der Waals surface area contributed by atoms with Crippen LogP contribution < -0.4 is 17.0 Å². The first kappa shape index (κ1) is 28.5. The Balaban J connectivity index is 0.00000385. The van der Waals surface area contributed by atoms with Crippen LogP contribution in [0.25, 0.3) is 5.70 Å². The van der Waals surface area contributed by atoms with Crippen molar-refractivity contribution in [2.45, 2.75) is 110 Å². The molecule has 4 heteroatoms. The molecular formula is C29H47BrN2S. The minimum absolute atomic E-state index is 0. The number of unbranched alkanes of at least 4 members (excludes halogenated alkanes) is 14. The van der Waals surface area contributed by atoms with Gasteiger partial charge in [0, 0.05) is 17.4 Å². The van der Waals surface area contributed by atoms with Crippen molar-refractivity contribution in [2.75, 3.05) is 19.6 Å². The first-order valence-electron chi connectivity index (χ1n) is 13.7. The van der Waals surface area contributed by atoms with Crippen LogP contribution in [-0.4, -0.2) is 34.3 Å². The molecule has 1 aromatic rings. The van der Waals surface area contributed by atoms with E-state index in [1.54, 1.807) is 0 Å². The lowest BCUT2D eigenvalue weighted by molar-refractivity contribution is -0.534. The normalized spacial score (nSPS) is 15.4. The van der Waals surface area contributed by atoms with Gasteiger partial charge in [0.1, 0.15) is 5.70 Å².